The Labute approximate surface area is 323 Å². The minimum Gasteiger partial charge on any atom is -0.309 e. The predicted octanol–water partition coefficient (Wildman–Crippen LogP) is 11.8. The van der Waals surface area contributed by atoms with Gasteiger partial charge in [0.15, 0.2) is 8.07 Å². The van der Waals surface area contributed by atoms with E-state index in [0.29, 0.717) is 0 Å². The molecule has 2 heterocycles. The van der Waals surface area contributed by atoms with Crippen molar-refractivity contribution in [3.8, 4) is 22.5 Å². The largest absolute Gasteiger partial charge is 0.309 e. The Morgan fingerprint density at radius 3 is 1.45 bits per heavy atom. The summed E-state index contributed by atoms with van der Waals surface area (Å²) in [7, 11) is -2.54. The van der Waals surface area contributed by atoms with E-state index in [1.807, 2.05) is 0 Å². The number of benzene rings is 8. The Kier molecular flexibility index (Phi) is 7.76. The van der Waals surface area contributed by atoms with Gasteiger partial charge in [-0.05, 0) is 74.2 Å². The molecule has 2 aromatic heterocycles. The molecule has 10 rings (SSSR count). The van der Waals surface area contributed by atoms with Crippen molar-refractivity contribution in [1.29, 1.82) is 0 Å². The number of hydrogen-bond acceptors (Lipinski definition) is 0. The van der Waals surface area contributed by atoms with Crippen LogP contribution in [0.4, 0.5) is 0 Å². The zero-order chi connectivity index (χ0) is 37.1. The Balaban J connectivity index is 1.22. The maximum Gasteiger partial charge on any atom is 0.153 e. The molecule has 10 aromatic rings. The standard InChI is InChI=1S/C52H42N2Si/c1-52(2,3)55(41-22-9-5-10-23-41,42-24-11-6-12-25-42)43-31-33-50-47(36-43)45-27-14-16-29-49(45)53(50)40-30-32-46-44-26-13-15-28-48(44)54(51(46)35-40)39-21-17-20-38(34-39)37-18-7-4-8-19-37/h4-36H,1-3H3. The molecule has 0 radical (unpaired) electrons. The van der Waals surface area contributed by atoms with Gasteiger partial charge in [-0.2, -0.15) is 0 Å². The van der Waals surface area contributed by atoms with Crippen molar-refractivity contribution in [2.45, 2.75) is 25.8 Å². The van der Waals surface area contributed by atoms with Crippen LogP contribution in [0, 0.1) is 0 Å². The third-order valence-corrected chi connectivity index (χ3v) is 17.6. The molecule has 0 amide bonds. The molecule has 0 N–H and O–H groups in total. The molecule has 0 aliphatic heterocycles. The van der Waals surface area contributed by atoms with Gasteiger partial charge in [0.2, 0.25) is 0 Å². The molecule has 0 saturated heterocycles. The lowest BCUT2D eigenvalue weighted by Crippen LogP contribution is -2.72. The molecular weight excluding hydrogens is 681 g/mol. The molecule has 3 heteroatoms. The highest BCUT2D eigenvalue weighted by atomic mass is 28.3. The average molecular weight is 723 g/mol. The molecule has 2 nitrogen and oxygen atoms in total. The molecule has 0 atom stereocenters. The van der Waals surface area contributed by atoms with Crippen LogP contribution in [0.1, 0.15) is 20.8 Å². The van der Waals surface area contributed by atoms with Gasteiger partial charge in [-0.15, -0.1) is 0 Å². The minimum absolute atomic E-state index is 0.00197. The van der Waals surface area contributed by atoms with Crippen LogP contribution in [-0.2, 0) is 0 Å². The molecule has 0 unspecified atom stereocenters. The maximum atomic E-state index is 2.54. The molecule has 0 aliphatic carbocycles. The van der Waals surface area contributed by atoms with E-state index in [-0.39, 0.29) is 5.04 Å². The van der Waals surface area contributed by atoms with Crippen LogP contribution in [0.3, 0.4) is 0 Å². The Morgan fingerprint density at radius 1 is 0.327 bits per heavy atom. The first-order valence-electron chi connectivity index (χ1n) is 19.3. The zero-order valence-corrected chi connectivity index (χ0v) is 32.4. The van der Waals surface area contributed by atoms with Crippen molar-refractivity contribution in [3.63, 3.8) is 0 Å². The second-order valence-electron chi connectivity index (χ2n) is 15.8. The highest BCUT2D eigenvalue weighted by Crippen LogP contribution is 2.40. The third kappa shape index (κ3) is 5.15. The van der Waals surface area contributed by atoms with Crippen LogP contribution in [-0.4, -0.2) is 17.2 Å². The van der Waals surface area contributed by atoms with E-state index >= 15 is 0 Å². The summed E-state index contributed by atoms with van der Waals surface area (Å²) in [5, 5.41) is 9.37. The van der Waals surface area contributed by atoms with Gasteiger partial charge in [-0.3, -0.25) is 0 Å². The fraction of sp³-hybridized carbons (Fsp3) is 0.0769. The molecule has 264 valence electrons. The highest BCUT2D eigenvalue weighted by molar-refractivity contribution is 7.13. The van der Waals surface area contributed by atoms with E-state index in [1.165, 1.54) is 70.3 Å². The van der Waals surface area contributed by atoms with Crippen LogP contribution in [0.2, 0.25) is 5.04 Å². The van der Waals surface area contributed by atoms with E-state index in [0.717, 1.165) is 11.4 Å². The summed E-state index contributed by atoms with van der Waals surface area (Å²) in [4.78, 5) is 0. The number of aromatic nitrogens is 2. The summed E-state index contributed by atoms with van der Waals surface area (Å²) in [6.45, 7) is 7.32. The summed E-state index contributed by atoms with van der Waals surface area (Å²) < 4.78 is 4.91. The van der Waals surface area contributed by atoms with Gasteiger partial charge < -0.3 is 9.13 Å². The lowest BCUT2D eigenvalue weighted by Gasteiger charge is -2.44. The normalized spacial score (nSPS) is 12.3. The molecular formula is C52H42N2Si. The lowest BCUT2D eigenvalue weighted by atomic mass is 10.1. The summed E-state index contributed by atoms with van der Waals surface area (Å²) in [6.07, 6.45) is 0. The summed E-state index contributed by atoms with van der Waals surface area (Å²) in [5.74, 6) is 0. The molecule has 0 bridgehead atoms. The fourth-order valence-electron chi connectivity index (χ4n) is 9.49. The molecule has 0 fully saturated rings. The van der Waals surface area contributed by atoms with Crippen molar-refractivity contribution in [2.24, 2.45) is 0 Å². The van der Waals surface area contributed by atoms with Crippen molar-refractivity contribution in [1.82, 2.24) is 9.13 Å². The Hall–Kier alpha value is -6.42. The second kappa shape index (κ2) is 12.9. The van der Waals surface area contributed by atoms with Gasteiger partial charge in [0.05, 0.1) is 22.1 Å². The Morgan fingerprint density at radius 2 is 0.818 bits per heavy atom. The number of hydrogen-bond donors (Lipinski definition) is 0. The average Bonchev–Trinajstić information content (AvgIpc) is 3.74. The van der Waals surface area contributed by atoms with E-state index in [9.17, 15) is 0 Å². The quantitative estimate of drug-likeness (QED) is 0.119. The van der Waals surface area contributed by atoms with Gasteiger partial charge >= 0.3 is 0 Å². The van der Waals surface area contributed by atoms with E-state index in [1.54, 1.807) is 0 Å². The number of para-hydroxylation sites is 2. The van der Waals surface area contributed by atoms with Crippen LogP contribution in [0.15, 0.2) is 200 Å². The number of fused-ring (bicyclic) bond motifs is 6. The van der Waals surface area contributed by atoms with Crippen molar-refractivity contribution < 1.29 is 0 Å². The second-order valence-corrected chi connectivity index (χ2v) is 20.5. The molecule has 8 aromatic carbocycles. The minimum atomic E-state index is -2.54. The van der Waals surface area contributed by atoms with Gasteiger partial charge in [-0.25, -0.2) is 0 Å². The molecule has 0 spiro atoms. The molecule has 0 saturated carbocycles. The van der Waals surface area contributed by atoms with E-state index in [4.69, 9.17) is 0 Å². The van der Waals surface area contributed by atoms with Crippen LogP contribution in [0.5, 0.6) is 0 Å². The summed E-state index contributed by atoms with van der Waals surface area (Å²) >= 11 is 0. The van der Waals surface area contributed by atoms with Crippen LogP contribution < -0.4 is 15.6 Å². The van der Waals surface area contributed by atoms with Crippen LogP contribution >= 0.6 is 0 Å². The first-order chi connectivity index (χ1) is 26.9. The van der Waals surface area contributed by atoms with Gasteiger partial charge in [-0.1, -0.05) is 178 Å². The summed E-state index contributed by atoms with van der Waals surface area (Å²) in [5.41, 5.74) is 9.56. The van der Waals surface area contributed by atoms with Gasteiger partial charge in [0.25, 0.3) is 0 Å². The zero-order valence-electron chi connectivity index (χ0n) is 31.4. The van der Waals surface area contributed by atoms with Crippen molar-refractivity contribution in [2.75, 3.05) is 0 Å². The highest BCUT2D eigenvalue weighted by Gasteiger charge is 2.49. The number of rotatable bonds is 6. The fourth-order valence-corrected chi connectivity index (χ4v) is 15.2. The number of nitrogens with zero attached hydrogens (tertiary/aromatic N) is 2. The monoisotopic (exact) mass is 722 g/mol. The van der Waals surface area contributed by atoms with Crippen molar-refractivity contribution >= 4 is 67.2 Å². The molecule has 0 aliphatic rings. The predicted molar refractivity (Wildman–Crippen MR) is 238 cm³/mol. The first kappa shape index (κ1) is 33.2. The third-order valence-electron chi connectivity index (χ3n) is 11.8. The van der Waals surface area contributed by atoms with Gasteiger partial charge in [0.1, 0.15) is 0 Å². The first-order valence-corrected chi connectivity index (χ1v) is 21.3. The van der Waals surface area contributed by atoms with Crippen molar-refractivity contribution in [3.05, 3.63) is 200 Å². The maximum absolute atomic E-state index is 2.54. The smallest absolute Gasteiger partial charge is 0.153 e. The van der Waals surface area contributed by atoms with Crippen LogP contribution in [0.25, 0.3) is 66.1 Å². The van der Waals surface area contributed by atoms with Gasteiger partial charge in [0, 0.05) is 32.9 Å². The Bertz CT molecular complexity index is 2960. The summed E-state index contributed by atoms with van der Waals surface area (Å²) in [6, 6.07) is 74.3. The van der Waals surface area contributed by atoms with E-state index < -0.39 is 8.07 Å². The molecule has 55 heavy (non-hydrogen) atoms. The lowest BCUT2D eigenvalue weighted by molar-refractivity contribution is 0.739. The topological polar surface area (TPSA) is 9.86 Å². The SMILES string of the molecule is CC(C)(C)[Si](c1ccccc1)(c1ccccc1)c1ccc2c(c1)c1ccccc1n2-c1ccc2c3ccccc3n(-c3cccc(-c4ccccc4)c3)c2c1. The van der Waals surface area contributed by atoms with E-state index in [2.05, 4.69) is 230 Å².